The minimum atomic E-state index is -0.644. The summed E-state index contributed by atoms with van der Waals surface area (Å²) in [4.78, 5) is 50.1. The van der Waals surface area contributed by atoms with Gasteiger partial charge in [0.05, 0.1) is 17.5 Å². The SMILES string of the molecule is C=CCn1c(C)cc(C(=O)COC(=O)CCN2C(=O)c3ccccc3C2=O)c1C. The predicted octanol–water partition coefficient (Wildman–Crippen LogP) is 2.70. The standard InChI is InChI=1S/C22H22N2O5/c1-4-10-23-14(2)12-18(15(23)3)19(25)13-29-20(26)9-11-24-21(27)16-7-5-6-8-17(16)22(24)28/h4-8,12H,1,9-11,13H2,2-3H3. The third-order valence-corrected chi connectivity index (χ3v) is 4.97. The van der Waals surface area contributed by atoms with E-state index in [-0.39, 0.29) is 25.4 Å². The third kappa shape index (κ3) is 3.89. The van der Waals surface area contributed by atoms with Crippen molar-refractivity contribution >= 4 is 23.6 Å². The maximum atomic E-state index is 12.4. The Hall–Kier alpha value is -3.48. The number of hydrogen-bond donors (Lipinski definition) is 0. The summed E-state index contributed by atoms with van der Waals surface area (Å²) in [6.45, 7) is 7.53. The summed E-state index contributed by atoms with van der Waals surface area (Å²) in [6, 6.07) is 8.28. The maximum absolute atomic E-state index is 12.4. The number of amides is 2. The molecule has 0 spiro atoms. The predicted molar refractivity (Wildman–Crippen MR) is 106 cm³/mol. The van der Waals surface area contributed by atoms with Crippen LogP contribution in [0.25, 0.3) is 0 Å². The number of carbonyl (C=O) groups excluding carboxylic acids is 4. The van der Waals surface area contributed by atoms with Crippen LogP contribution in [0, 0.1) is 13.8 Å². The van der Waals surface area contributed by atoms with Gasteiger partial charge in [-0.1, -0.05) is 18.2 Å². The monoisotopic (exact) mass is 394 g/mol. The van der Waals surface area contributed by atoms with Crippen molar-refractivity contribution in [2.45, 2.75) is 26.8 Å². The number of ketones is 1. The first-order valence-corrected chi connectivity index (χ1v) is 9.26. The minimum Gasteiger partial charge on any atom is -0.457 e. The molecule has 0 saturated carbocycles. The van der Waals surface area contributed by atoms with Crippen molar-refractivity contribution in [2.24, 2.45) is 0 Å². The molecule has 0 saturated heterocycles. The number of esters is 1. The van der Waals surface area contributed by atoms with Crippen LogP contribution in [0.3, 0.4) is 0 Å². The second-order valence-corrected chi connectivity index (χ2v) is 6.83. The van der Waals surface area contributed by atoms with E-state index in [1.165, 1.54) is 0 Å². The normalized spacial score (nSPS) is 12.8. The fourth-order valence-electron chi connectivity index (χ4n) is 3.43. The van der Waals surface area contributed by atoms with Gasteiger partial charge in [0.25, 0.3) is 11.8 Å². The topological polar surface area (TPSA) is 85.7 Å². The number of nitrogens with zero attached hydrogens (tertiary/aromatic N) is 2. The summed E-state index contributed by atoms with van der Waals surface area (Å²) >= 11 is 0. The van der Waals surface area contributed by atoms with Gasteiger partial charge < -0.3 is 9.30 Å². The molecule has 0 unspecified atom stereocenters. The lowest BCUT2D eigenvalue weighted by molar-refractivity contribution is -0.142. The van der Waals surface area contributed by atoms with Gasteiger partial charge >= 0.3 is 5.97 Å². The fraction of sp³-hybridized carbons (Fsp3) is 0.273. The average molecular weight is 394 g/mol. The highest BCUT2D eigenvalue weighted by molar-refractivity contribution is 6.21. The van der Waals surface area contributed by atoms with Crippen molar-refractivity contribution in [1.29, 1.82) is 0 Å². The van der Waals surface area contributed by atoms with Gasteiger partial charge in [-0.2, -0.15) is 0 Å². The summed E-state index contributed by atoms with van der Waals surface area (Å²) < 4.78 is 7.01. The second-order valence-electron chi connectivity index (χ2n) is 6.83. The summed E-state index contributed by atoms with van der Waals surface area (Å²) in [5, 5.41) is 0. The number of benzene rings is 1. The second kappa shape index (κ2) is 8.26. The summed E-state index contributed by atoms with van der Waals surface area (Å²) in [7, 11) is 0. The van der Waals surface area contributed by atoms with E-state index in [1.54, 1.807) is 36.4 Å². The van der Waals surface area contributed by atoms with Crippen LogP contribution in [-0.4, -0.2) is 46.2 Å². The van der Waals surface area contributed by atoms with E-state index < -0.39 is 17.8 Å². The zero-order valence-electron chi connectivity index (χ0n) is 16.4. The van der Waals surface area contributed by atoms with Crippen LogP contribution < -0.4 is 0 Å². The van der Waals surface area contributed by atoms with Gasteiger partial charge in [-0.3, -0.25) is 24.1 Å². The van der Waals surface area contributed by atoms with Crippen LogP contribution in [-0.2, 0) is 16.1 Å². The molecule has 0 bridgehead atoms. The first-order chi connectivity index (χ1) is 13.8. The highest BCUT2D eigenvalue weighted by Gasteiger charge is 2.35. The number of imide groups is 1. The Labute approximate surface area is 168 Å². The molecule has 7 heteroatoms. The highest BCUT2D eigenvalue weighted by Crippen LogP contribution is 2.22. The maximum Gasteiger partial charge on any atom is 0.308 e. The number of hydrogen-bond acceptors (Lipinski definition) is 5. The number of carbonyl (C=O) groups is 4. The Kier molecular flexibility index (Phi) is 5.77. The van der Waals surface area contributed by atoms with Crippen LogP contribution in [0.5, 0.6) is 0 Å². The average Bonchev–Trinajstić information content (AvgIpc) is 3.13. The molecular formula is C22H22N2O5. The Morgan fingerprint density at radius 2 is 1.72 bits per heavy atom. The van der Waals surface area contributed by atoms with E-state index in [1.807, 2.05) is 18.4 Å². The number of aromatic nitrogens is 1. The van der Waals surface area contributed by atoms with E-state index >= 15 is 0 Å². The summed E-state index contributed by atoms with van der Waals surface area (Å²) in [5.41, 5.74) is 2.86. The Balaban J connectivity index is 1.54. The number of fused-ring (bicyclic) bond motifs is 1. The molecule has 1 aromatic heterocycles. The van der Waals surface area contributed by atoms with Crippen LogP contribution >= 0.6 is 0 Å². The highest BCUT2D eigenvalue weighted by atomic mass is 16.5. The van der Waals surface area contributed by atoms with E-state index in [0.717, 1.165) is 16.3 Å². The van der Waals surface area contributed by atoms with Gasteiger partial charge in [0, 0.05) is 30.0 Å². The minimum absolute atomic E-state index is 0.0901. The molecule has 0 fully saturated rings. The van der Waals surface area contributed by atoms with E-state index in [4.69, 9.17) is 4.74 Å². The largest absolute Gasteiger partial charge is 0.457 e. The molecule has 7 nitrogen and oxygen atoms in total. The number of allylic oxidation sites excluding steroid dienone is 1. The molecule has 2 amide bonds. The third-order valence-electron chi connectivity index (χ3n) is 4.97. The van der Waals surface area contributed by atoms with E-state index in [2.05, 4.69) is 6.58 Å². The molecule has 0 aliphatic carbocycles. The molecule has 2 heterocycles. The number of rotatable bonds is 8. The van der Waals surface area contributed by atoms with Gasteiger partial charge in [-0.25, -0.2) is 0 Å². The first kappa shape index (κ1) is 20.3. The summed E-state index contributed by atoms with van der Waals surface area (Å²) in [6.07, 6.45) is 1.57. The molecule has 0 atom stereocenters. The van der Waals surface area contributed by atoms with Crippen molar-refractivity contribution in [2.75, 3.05) is 13.2 Å². The molecule has 2 aromatic rings. The van der Waals surface area contributed by atoms with Gasteiger partial charge in [0.1, 0.15) is 0 Å². The lowest BCUT2D eigenvalue weighted by Crippen LogP contribution is -2.32. The number of aryl methyl sites for hydroxylation is 1. The molecule has 29 heavy (non-hydrogen) atoms. The van der Waals surface area contributed by atoms with Gasteiger partial charge in [-0.05, 0) is 32.0 Å². The lowest BCUT2D eigenvalue weighted by Gasteiger charge is -2.13. The van der Waals surface area contributed by atoms with Crippen LogP contribution in [0.4, 0.5) is 0 Å². The zero-order chi connectivity index (χ0) is 21.1. The van der Waals surface area contributed by atoms with Crippen molar-refractivity contribution in [3.63, 3.8) is 0 Å². The molecule has 0 N–H and O–H groups in total. The van der Waals surface area contributed by atoms with Crippen LogP contribution in [0.2, 0.25) is 0 Å². The number of Topliss-reactive ketones (excluding diaryl/α,β-unsaturated/α-hetero) is 1. The van der Waals surface area contributed by atoms with E-state index in [9.17, 15) is 19.2 Å². The molecule has 150 valence electrons. The van der Waals surface area contributed by atoms with E-state index in [0.29, 0.717) is 23.2 Å². The fourth-order valence-corrected chi connectivity index (χ4v) is 3.43. The molecule has 1 aliphatic rings. The first-order valence-electron chi connectivity index (χ1n) is 9.26. The smallest absolute Gasteiger partial charge is 0.308 e. The van der Waals surface area contributed by atoms with Crippen LogP contribution in [0.1, 0.15) is 48.9 Å². The molecular weight excluding hydrogens is 372 g/mol. The molecule has 1 aliphatic heterocycles. The van der Waals surface area contributed by atoms with Crippen LogP contribution in [0.15, 0.2) is 43.0 Å². The van der Waals surface area contributed by atoms with Gasteiger partial charge in [0.15, 0.2) is 6.61 Å². The number of ether oxygens (including phenoxy) is 1. The van der Waals surface area contributed by atoms with Crippen molar-refractivity contribution in [3.8, 4) is 0 Å². The zero-order valence-corrected chi connectivity index (χ0v) is 16.4. The van der Waals surface area contributed by atoms with Crippen molar-refractivity contribution in [1.82, 2.24) is 9.47 Å². The Morgan fingerprint density at radius 1 is 1.10 bits per heavy atom. The lowest BCUT2D eigenvalue weighted by atomic mass is 10.1. The molecule has 0 radical (unpaired) electrons. The molecule has 1 aromatic carbocycles. The van der Waals surface area contributed by atoms with Gasteiger partial charge in [0.2, 0.25) is 5.78 Å². The van der Waals surface area contributed by atoms with Gasteiger partial charge in [-0.15, -0.1) is 6.58 Å². The summed E-state index contributed by atoms with van der Waals surface area (Å²) in [5.74, 6) is -1.80. The Morgan fingerprint density at radius 3 is 2.31 bits per heavy atom. The Bertz CT molecular complexity index is 983. The molecule has 3 rings (SSSR count). The van der Waals surface area contributed by atoms with Crippen molar-refractivity contribution in [3.05, 3.63) is 71.1 Å². The quantitative estimate of drug-likeness (QED) is 0.297. The van der Waals surface area contributed by atoms with Crippen molar-refractivity contribution < 1.29 is 23.9 Å².